The third-order valence-corrected chi connectivity index (χ3v) is 2.33. The molecule has 0 aliphatic heterocycles. The molecule has 1 aliphatic carbocycles. The van der Waals surface area contributed by atoms with Crippen molar-refractivity contribution in [2.24, 2.45) is 0 Å². The van der Waals surface area contributed by atoms with Crippen LogP contribution in [-0.4, -0.2) is 17.5 Å². The number of rotatable bonds is 2. The first kappa shape index (κ1) is 12.6. The molecule has 2 rings (SSSR count). The lowest BCUT2D eigenvalue weighted by Crippen LogP contribution is -2.15. The number of benzene rings is 1. The molecule has 0 fully saturated rings. The first-order chi connectivity index (χ1) is 8.95. The van der Waals surface area contributed by atoms with Crippen molar-refractivity contribution in [3.05, 3.63) is 47.7 Å². The maximum Gasteiger partial charge on any atom is 0.343 e. The first-order valence-electron chi connectivity index (χ1n) is 5.32. The van der Waals surface area contributed by atoms with Gasteiger partial charge < -0.3 is 16.2 Å². The zero-order valence-corrected chi connectivity index (χ0v) is 9.75. The molecule has 0 atom stereocenters. The molecule has 1 aromatic rings. The monoisotopic (exact) mass is 258 g/mol. The van der Waals surface area contributed by atoms with E-state index in [0.29, 0.717) is 11.4 Å². The van der Waals surface area contributed by atoms with Gasteiger partial charge >= 0.3 is 5.97 Å². The van der Waals surface area contributed by atoms with Crippen LogP contribution in [-0.2, 0) is 14.3 Å². The van der Waals surface area contributed by atoms with Crippen molar-refractivity contribution in [1.29, 1.82) is 0 Å². The molecule has 6 heteroatoms. The van der Waals surface area contributed by atoms with E-state index < -0.39 is 17.5 Å². The molecule has 0 bridgehead atoms. The van der Waals surface area contributed by atoms with E-state index in [9.17, 15) is 14.4 Å². The van der Waals surface area contributed by atoms with Crippen LogP contribution in [0.25, 0.3) is 0 Å². The van der Waals surface area contributed by atoms with Gasteiger partial charge in [0.15, 0.2) is 11.5 Å². The molecule has 0 heterocycles. The molecule has 4 N–H and O–H groups in total. The van der Waals surface area contributed by atoms with Gasteiger partial charge in [0.25, 0.3) is 0 Å². The van der Waals surface area contributed by atoms with Crippen LogP contribution < -0.4 is 11.5 Å². The van der Waals surface area contributed by atoms with Crippen LogP contribution in [0.2, 0.25) is 0 Å². The minimum absolute atomic E-state index is 0.105. The van der Waals surface area contributed by atoms with Gasteiger partial charge in [0.2, 0.25) is 5.78 Å². The van der Waals surface area contributed by atoms with Gasteiger partial charge in [0, 0.05) is 17.5 Å². The highest BCUT2D eigenvalue weighted by molar-refractivity contribution is 6.17. The van der Waals surface area contributed by atoms with Crippen molar-refractivity contribution in [3.8, 4) is 0 Å². The van der Waals surface area contributed by atoms with Gasteiger partial charge in [-0.25, -0.2) is 4.79 Å². The number of ether oxygens (including phenoxy) is 1. The molecule has 0 spiro atoms. The third-order valence-electron chi connectivity index (χ3n) is 2.33. The summed E-state index contributed by atoms with van der Waals surface area (Å²) >= 11 is 0. The molecule has 1 aliphatic rings. The summed E-state index contributed by atoms with van der Waals surface area (Å²) in [6.45, 7) is 0. The van der Waals surface area contributed by atoms with Crippen molar-refractivity contribution < 1.29 is 19.1 Å². The van der Waals surface area contributed by atoms with E-state index in [-0.39, 0.29) is 11.3 Å². The van der Waals surface area contributed by atoms with Gasteiger partial charge in [-0.2, -0.15) is 0 Å². The predicted octanol–water partition coefficient (Wildman–Crippen LogP) is 0.600. The van der Waals surface area contributed by atoms with Crippen LogP contribution in [0.3, 0.4) is 0 Å². The number of nitrogen functional groups attached to an aromatic ring is 2. The van der Waals surface area contributed by atoms with E-state index in [1.165, 1.54) is 18.2 Å². The molecule has 0 radical (unpaired) electrons. The normalized spacial score (nSPS) is 14.2. The summed E-state index contributed by atoms with van der Waals surface area (Å²) in [6.07, 6.45) is 3.09. The summed E-state index contributed by atoms with van der Waals surface area (Å²) < 4.78 is 4.86. The van der Waals surface area contributed by atoms with Gasteiger partial charge in [-0.05, 0) is 30.4 Å². The largest absolute Gasteiger partial charge is 0.419 e. The quantitative estimate of drug-likeness (QED) is 0.456. The van der Waals surface area contributed by atoms with Crippen molar-refractivity contribution in [1.82, 2.24) is 0 Å². The van der Waals surface area contributed by atoms with Crippen LogP contribution in [0.4, 0.5) is 11.4 Å². The van der Waals surface area contributed by atoms with Gasteiger partial charge in [0.1, 0.15) is 0 Å². The highest BCUT2D eigenvalue weighted by Gasteiger charge is 2.19. The lowest BCUT2D eigenvalue weighted by molar-refractivity contribution is -0.116. The van der Waals surface area contributed by atoms with E-state index in [2.05, 4.69) is 0 Å². The van der Waals surface area contributed by atoms with Crippen molar-refractivity contribution in [3.63, 3.8) is 0 Å². The summed E-state index contributed by atoms with van der Waals surface area (Å²) in [6, 6.07) is 4.21. The van der Waals surface area contributed by atoms with Crippen molar-refractivity contribution in [2.45, 2.75) is 0 Å². The Hall–Kier alpha value is -2.89. The van der Waals surface area contributed by atoms with E-state index in [1.807, 2.05) is 0 Å². The lowest BCUT2D eigenvalue weighted by atomic mass is 10.1. The Morgan fingerprint density at radius 1 is 1.00 bits per heavy atom. The number of carbonyl (C=O) groups is 3. The number of ketones is 2. The number of hydrogen-bond donors (Lipinski definition) is 2. The fourth-order valence-corrected chi connectivity index (χ4v) is 1.52. The Bertz CT molecular complexity index is 624. The number of anilines is 2. The van der Waals surface area contributed by atoms with Crippen LogP contribution in [0, 0.1) is 0 Å². The maximum atomic E-state index is 11.8. The minimum Gasteiger partial charge on any atom is -0.419 e. The summed E-state index contributed by atoms with van der Waals surface area (Å²) in [5.41, 5.74) is 11.8. The Morgan fingerprint density at radius 3 is 2.26 bits per heavy atom. The molecular formula is C13H10N2O4. The molecule has 0 amide bonds. The van der Waals surface area contributed by atoms with Crippen LogP contribution >= 0.6 is 0 Å². The average molecular weight is 258 g/mol. The third kappa shape index (κ3) is 2.86. The van der Waals surface area contributed by atoms with E-state index in [4.69, 9.17) is 16.2 Å². The molecule has 19 heavy (non-hydrogen) atoms. The molecular weight excluding hydrogens is 248 g/mol. The molecule has 1 aromatic carbocycles. The summed E-state index contributed by atoms with van der Waals surface area (Å²) in [7, 11) is 0. The molecule has 0 saturated heterocycles. The summed E-state index contributed by atoms with van der Waals surface area (Å²) in [5.74, 6) is -2.10. The zero-order chi connectivity index (χ0) is 14.0. The van der Waals surface area contributed by atoms with Crippen molar-refractivity contribution in [2.75, 3.05) is 11.5 Å². The Labute approximate surface area is 108 Å². The van der Waals surface area contributed by atoms with Gasteiger partial charge in [-0.3, -0.25) is 9.59 Å². The van der Waals surface area contributed by atoms with E-state index in [0.717, 1.165) is 18.2 Å². The molecule has 0 unspecified atom stereocenters. The molecule has 6 nitrogen and oxygen atoms in total. The van der Waals surface area contributed by atoms with E-state index >= 15 is 0 Å². The van der Waals surface area contributed by atoms with Crippen LogP contribution in [0.1, 0.15) is 10.4 Å². The molecule has 96 valence electrons. The maximum absolute atomic E-state index is 11.8. The van der Waals surface area contributed by atoms with Crippen molar-refractivity contribution >= 4 is 28.9 Å². The topological polar surface area (TPSA) is 112 Å². The van der Waals surface area contributed by atoms with Gasteiger partial charge in [0.05, 0.1) is 5.56 Å². The Balaban J connectivity index is 2.22. The molecule has 0 aromatic heterocycles. The van der Waals surface area contributed by atoms with Crippen LogP contribution in [0.5, 0.6) is 0 Å². The SMILES string of the molecule is Nc1cc(N)cc(C(=O)OC2=CC(=O)C=CC2=O)c1. The number of nitrogens with two attached hydrogens (primary N) is 2. The predicted molar refractivity (Wildman–Crippen MR) is 67.9 cm³/mol. The Kier molecular flexibility index (Phi) is 3.15. The lowest BCUT2D eigenvalue weighted by Gasteiger charge is -2.08. The summed E-state index contributed by atoms with van der Waals surface area (Å²) in [5, 5.41) is 0. The second-order valence-corrected chi connectivity index (χ2v) is 3.89. The van der Waals surface area contributed by atoms with Gasteiger partial charge in [-0.15, -0.1) is 0 Å². The number of hydrogen-bond acceptors (Lipinski definition) is 6. The van der Waals surface area contributed by atoms with Crippen LogP contribution in [0.15, 0.2) is 42.2 Å². The van der Waals surface area contributed by atoms with Gasteiger partial charge in [-0.1, -0.05) is 0 Å². The number of esters is 1. The second kappa shape index (κ2) is 4.77. The zero-order valence-electron chi connectivity index (χ0n) is 9.75. The smallest absolute Gasteiger partial charge is 0.343 e. The summed E-state index contributed by atoms with van der Waals surface area (Å²) in [4.78, 5) is 34.3. The Morgan fingerprint density at radius 2 is 1.63 bits per heavy atom. The highest BCUT2D eigenvalue weighted by atomic mass is 16.5. The number of carbonyl (C=O) groups excluding carboxylic acids is 3. The highest BCUT2D eigenvalue weighted by Crippen LogP contribution is 2.17. The fraction of sp³-hybridized carbons (Fsp3) is 0. The molecule has 0 saturated carbocycles. The van der Waals surface area contributed by atoms with E-state index in [1.54, 1.807) is 0 Å². The minimum atomic E-state index is -0.804. The standard InChI is InChI=1S/C13H10N2O4/c14-8-3-7(4-9(15)5-8)13(18)19-12-6-10(16)1-2-11(12)17/h1-6H,14-15H2. The fourth-order valence-electron chi connectivity index (χ4n) is 1.52. The first-order valence-corrected chi connectivity index (χ1v) is 5.32. The second-order valence-electron chi connectivity index (χ2n) is 3.89. The average Bonchev–Trinajstić information content (AvgIpc) is 2.32. The number of allylic oxidation sites excluding steroid dienone is 3.